The second-order valence-electron chi connectivity index (χ2n) is 4.18. The van der Waals surface area contributed by atoms with Crippen molar-refractivity contribution in [1.29, 1.82) is 0 Å². The average Bonchev–Trinajstić information content (AvgIpc) is 2.39. The molecule has 1 atom stereocenters. The summed E-state index contributed by atoms with van der Waals surface area (Å²) in [6.07, 6.45) is 0. The van der Waals surface area contributed by atoms with Crippen LogP contribution in [0.5, 0.6) is 0 Å². The normalized spacial score (nSPS) is 12.1. The molecule has 0 aromatic heterocycles. The van der Waals surface area contributed by atoms with Crippen LogP contribution in [0.15, 0.2) is 58.3 Å². The van der Waals surface area contributed by atoms with Gasteiger partial charge in [0.15, 0.2) is 0 Å². The molecule has 0 spiro atoms. The van der Waals surface area contributed by atoms with Crippen molar-refractivity contribution in [3.05, 3.63) is 64.2 Å². The Hall–Kier alpha value is -1.85. The van der Waals surface area contributed by atoms with Crippen molar-refractivity contribution in [2.24, 2.45) is 5.73 Å². The molecule has 5 heteroatoms. The Morgan fingerprint density at radius 3 is 2.37 bits per heavy atom. The first-order valence-electron chi connectivity index (χ1n) is 5.85. The highest BCUT2D eigenvalue weighted by Gasteiger charge is 2.13. The summed E-state index contributed by atoms with van der Waals surface area (Å²) in [5.74, 6) is 0. The zero-order valence-corrected chi connectivity index (χ0v) is 11.3. The van der Waals surface area contributed by atoms with Crippen molar-refractivity contribution in [3.63, 3.8) is 0 Å². The summed E-state index contributed by atoms with van der Waals surface area (Å²) in [6.45, 7) is 1.92. The molecular weight excluding hydrogens is 260 g/mol. The van der Waals surface area contributed by atoms with Gasteiger partial charge in [-0.3, -0.25) is 10.1 Å². The molecule has 0 amide bonds. The first kappa shape index (κ1) is 13.6. The molecule has 0 radical (unpaired) electrons. The Bertz CT molecular complexity index is 582. The van der Waals surface area contributed by atoms with Crippen molar-refractivity contribution in [3.8, 4) is 0 Å². The second kappa shape index (κ2) is 5.86. The van der Waals surface area contributed by atoms with Crippen LogP contribution in [-0.2, 0) is 0 Å². The van der Waals surface area contributed by atoms with E-state index in [4.69, 9.17) is 5.73 Å². The summed E-state index contributed by atoms with van der Waals surface area (Å²) in [5, 5.41) is 10.9. The van der Waals surface area contributed by atoms with Gasteiger partial charge in [0.1, 0.15) is 0 Å². The van der Waals surface area contributed by atoms with E-state index in [2.05, 4.69) is 0 Å². The molecule has 0 fully saturated rings. The third-order valence-corrected chi connectivity index (χ3v) is 3.77. The van der Waals surface area contributed by atoms with E-state index >= 15 is 0 Å². The third-order valence-electron chi connectivity index (χ3n) is 2.70. The number of rotatable bonds is 4. The van der Waals surface area contributed by atoms with Gasteiger partial charge in [-0.05, 0) is 30.7 Å². The van der Waals surface area contributed by atoms with Crippen LogP contribution in [0.2, 0.25) is 0 Å². The van der Waals surface area contributed by atoms with Gasteiger partial charge >= 0.3 is 0 Å². The highest BCUT2D eigenvalue weighted by molar-refractivity contribution is 7.99. The van der Waals surface area contributed by atoms with Crippen LogP contribution < -0.4 is 5.73 Å². The summed E-state index contributed by atoms with van der Waals surface area (Å²) in [4.78, 5) is 12.2. The number of nitrogens with two attached hydrogens (primary N) is 1. The quantitative estimate of drug-likeness (QED) is 0.680. The predicted octanol–water partition coefficient (Wildman–Crippen LogP) is 3.77. The van der Waals surface area contributed by atoms with Crippen LogP contribution in [0.1, 0.15) is 18.5 Å². The molecular formula is C14H14N2O2S. The Kier molecular flexibility index (Phi) is 4.19. The highest BCUT2D eigenvalue weighted by atomic mass is 32.2. The van der Waals surface area contributed by atoms with E-state index < -0.39 is 0 Å². The summed E-state index contributed by atoms with van der Waals surface area (Å²) in [7, 11) is 0. The molecule has 0 aliphatic heterocycles. The fraction of sp³-hybridized carbons (Fsp3) is 0.143. The molecule has 19 heavy (non-hydrogen) atoms. The summed E-state index contributed by atoms with van der Waals surface area (Å²) in [6, 6.07) is 14.5. The van der Waals surface area contributed by atoms with E-state index in [9.17, 15) is 10.1 Å². The van der Waals surface area contributed by atoms with Crippen LogP contribution in [0.4, 0.5) is 5.69 Å². The first-order chi connectivity index (χ1) is 9.08. The minimum Gasteiger partial charge on any atom is -0.324 e. The van der Waals surface area contributed by atoms with E-state index in [1.807, 2.05) is 31.2 Å². The molecule has 2 aromatic carbocycles. The standard InChI is InChI=1S/C14H14N2O2S/c1-10(15)11-6-8-12(9-7-11)19-14-5-3-2-4-13(14)16(17)18/h2-10H,15H2,1H3/t10-/m0/s1. The van der Waals surface area contributed by atoms with Crippen molar-refractivity contribution < 1.29 is 4.92 Å². The molecule has 2 rings (SSSR count). The number of nitro groups is 1. The number of benzene rings is 2. The summed E-state index contributed by atoms with van der Waals surface area (Å²) in [5.41, 5.74) is 6.96. The van der Waals surface area contributed by atoms with Gasteiger partial charge in [-0.2, -0.15) is 0 Å². The molecule has 2 aromatic rings. The van der Waals surface area contributed by atoms with E-state index in [0.29, 0.717) is 4.90 Å². The fourth-order valence-corrected chi connectivity index (χ4v) is 2.58. The van der Waals surface area contributed by atoms with E-state index in [1.54, 1.807) is 18.2 Å². The van der Waals surface area contributed by atoms with Gasteiger partial charge in [0, 0.05) is 17.0 Å². The van der Waals surface area contributed by atoms with Gasteiger partial charge in [0.25, 0.3) is 5.69 Å². The summed E-state index contributed by atoms with van der Waals surface area (Å²) >= 11 is 1.38. The zero-order valence-electron chi connectivity index (χ0n) is 10.4. The van der Waals surface area contributed by atoms with E-state index in [0.717, 1.165) is 10.5 Å². The number of para-hydroxylation sites is 1. The van der Waals surface area contributed by atoms with E-state index in [1.165, 1.54) is 17.8 Å². The van der Waals surface area contributed by atoms with Crippen LogP contribution in [0.3, 0.4) is 0 Å². The smallest absolute Gasteiger partial charge is 0.283 e. The Balaban J connectivity index is 2.24. The zero-order chi connectivity index (χ0) is 13.8. The van der Waals surface area contributed by atoms with Crippen LogP contribution in [-0.4, -0.2) is 4.92 Å². The monoisotopic (exact) mass is 274 g/mol. The molecule has 2 N–H and O–H groups in total. The maximum Gasteiger partial charge on any atom is 0.283 e. The predicted molar refractivity (Wildman–Crippen MR) is 76.3 cm³/mol. The number of nitro benzene ring substituents is 1. The summed E-state index contributed by atoms with van der Waals surface area (Å²) < 4.78 is 0. The number of hydrogen-bond acceptors (Lipinski definition) is 4. The SMILES string of the molecule is C[C@H](N)c1ccc(Sc2ccccc2[N+](=O)[O-])cc1. The van der Waals surface area contributed by atoms with E-state index in [-0.39, 0.29) is 16.7 Å². The molecule has 0 unspecified atom stereocenters. The minimum atomic E-state index is -0.362. The van der Waals surface area contributed by atoms with Gasteiger partial charge in [-0.25, -0.2) is 0 Å². The van der Waals surface area contributed by atoms with Gasteiger partial charge in [-0.1, -0.05) is 36.0 Å². The lowest BCUT2D eigenvalue weighted by Crippen LogP contribution is -2.04. The Morgan fingerprint density at radius 2 is 1.79 bits per heavy atom. The lowest BCUT2D eigenvalue weighted by Gasteiger charge is -2.07. The number of nitrogens with zero attached hydrogens (tertiary/aromatic N) is 1. The minimum absolute atomic E-state index is 0.00916. The van der Waals surface area contributed by atoms with Gasteiger partial charge < -0.3 is 5.73 Å². The molecule has 0 saturated carbocycles. The third kappa shape index (κ3) is 3.33. The maximum atomic E-state index is 10.9. The maximum absolute atomic E-state index is 10.9. The van der Waals surface area contributed by atoms with Gasteiger partial charge in [0.05, 0.1) is 9.82 Å². The molecule has 0 saturated heterocycles. The van der Waals surface area contributed by atoms with Crippen LogP contribution >= 0.6 is 11.8 Å². The van der Waals surface area contributed by atoms with Crippen molar-refractivity contribution in [1.82, 2.24) is 0 Å². The molecule has 98 valence electrons. The van der Waals surface area contributed by atoms with Gasteiger partial charge in [0.2, 0.25) is 0 Å². The largest absolute Gasteiger partial charge is 0.324 e. The lowest BCUT2D eigenvalue weighted by atomic mass is 10.1. The molecule has 0 aliphatic carbocycles. The number of hydrogen-bond donors (Lipinski definition) is 1. The highest BCUT2D eigenvalue weighted by Crippen LogP contribution is 2.34. The molecule has 4 nitrogen and oxygen atoms in total. The topological polar surface area (TPSA) is 69.2 Å². The molecule has 0 bridgehead atoms. The van der Waals surface area contributed by atoms with Crippen molar-refractivity contribution in [2.75, 3.05) is 0 Å². The first-order valence-corrected chi connectivity index (χ1v) is 6.66. The van der Waals surface area contributed by atoms with Crippen molar-refractivity contribution in [2.45, 2.75) is 22.8 Å². The van der Waals surface area contributed by atoms with Crippen LogP contribution in [0, 0.1) is 10.1 Å². The average molecular weight is 274 g/mol. The van der Waals surface area contributed by atoms with Crippen molar-refractivity contribution >= 4 is 17.4 Å². The molecule has 0 aliphatic rings. The lowest BCUT2D eigenvalue weighted by molar-refractivity contribution is -0.387. The Labute approximate surface area is 115 Å². The molecule has 0 heterocycles. The van der Waals surface area contributed by atoms with Crippen LogP contribution in [0.25, 0.3) is 0 Å². The fourth-order valence-electron chi connectivity index (χ4n) is 1.66. The van der Waals surface area contributed by atoms with Gasteiger partial charge in [-0.15, -0.1) is 0 Å². The Morgan fingerprint density at radius 1 is 1.16 bits per heavy atom. The second-order valence-corrected chi connectivity index (χ2v) is 5.30.